The van der Waals surface area contributed by atoms with Crippen LogP contribution >= 0.6 is 0 Å². The monoisotopic (exact) mass is 379 g/mol. The predicted molar refractivity (Wildman–Crippen MR) is 111 cm³/mol. The maximum absolute atomic E-state index is 12.7. The molecule has 3 rings (SSSR count). The van der Waals surface area contributed by atoms with E-state index in [4.69, 9.17) is 9.97 Å². The Hall–Kier alpha value is -2.68. The molecule has 1 aliphatic heterocycles. The van der Waals surface area contributed by atoms with Gasteiger partial charge in [0.05, 0.1) is 17.1 Å². The Balaban J connectivity index is 2.03. The highest BCUT2D eigenvalue weighted by Crippen LogP contribution is 2.31. The summed E-state index contributed by atoms with van der Waals surface area (Å²) in [6.45, 7) is 8.83. The molecule has 0 aliphatic carbocycles. The van der Waals surface area contributed by atoms with E-state index in [0.29, 0.717) is 35.4 Å². The third-order valence-corrected chi connectivity index (χ3v) is 5.24. The lowest BCUT2D eigenvalue weighted by atomic mass is 9.91. The number of rotatable bonds is 6. The number of hydrogen-bond acceptors (Lipinski definition) is 5. The Morgan fingerprint density at radius 3 is 2.50 bits per heavy atom. The van der Waals surface area contributed by atoms with E-state index in [9.17, 15) is 10.1 Å². The largest absolute Gasteiger partial charge is 0.355 e. The van der Waals surface area contributed by atoms with Crippen molar-refractivity contribution in [2.45, 2.75) is 46.0 Å². The van der Waals surface area contributed by atoms with E-state index < -0.39 is 5.92 Å². The molecule has 1 aromatic heterocycles. The lowest BCUT2D eigenvalue weighted by Crippen LogP contribution is -2.40. The summed E-state index contributed by atoms with van der Waals surface area (Å²) in [7, 11) is 0. The smallest absolute Gasteiger partial charge is 0.243 e. The fourth-order valence-electron chi connectivity index (χ4n) is 4.00. The van der Waals surface area contributed by atoms with Crippen LogP contribution in [-0.2, 0) is 4.79 Å². The van der Waals surface area contributed by atoms with Gasteiger partial charge in [-0.05, 0) is 36.8 Å². The average Bonchev–Trinajstić information content (AvgIpc) is 2.67. The number of benzene rings is 1. The van der Waals surface area contributed by atoms with Crippen molar-refractivity contribution in [3.63, 3.8) is 0 Å². The molecular weight excluding hydrogens is 350 g/mol. The predicted octanol–water partition coefficient (Wildman–Crippen LogP) is 3.64. The SMILES string of the molecule is CCCCNC(=O)[C@@H](C#N)c1nc2ccccc2nc1N1C[C@@H](C)C[C@H](C)C1. The first-order valence-corrected chi connectivity index (χ1v) is 10.2. The van der Waals surface area contributed by atoms with Gasteiger partial charge >= 0.3 is 0 Å². The van der Waals surface area contributed by atoms with Gasteiger partial charge in [0.25, 0.3) is 0 Å². The zero-order valence-electron chi connectivity index (χ0n) is 17.0. The maximum atomic E-state index is 12.7. The summed E-state index contributed by atoms with van der Waals surface area (Å²) < 4.78 is 0. The maximum Gasteiger partial charge on any atom is 0.243 e. The minimum absolute atomic E-state index is 0.292. The van der Waals surface area contributed by atoms with Crippen LogP contribution in [0.2, 0.25) is 0 Å². The van der Waals surface area contributed by atoms with Crippen LogP contribution in [0.3, 0.4) is 0 Å². The highest BCUT2D eigenvalue weighted by Gasteiger charge is 2.31. The molecular formula is C22H29N5O. The first kappa shape index (κ1) is 20.1. The van der Waals surface area contributed by atoms with Crippen molar-refractivity contribution >= 4 is 22.8 Å². The minimum Gasteiger partial charge on any atom is -0.355 e. The number of carbonyl (C=O) groups excluding carboxylic acids is 1. The van der Waals surface area contributed by atoms with Crippen molar-refractivity contribution in [1.82, 2.24) is 15.3 Å². The number of hydrogen-bond donors (Lipinski definition) is 1. The minimum atomic E-state index is -0.962. The van der Waals surface area contributed by atoms with E-state index in [1.165, 1.54) is 6.42 Å². The summed E-state index contributed by atoms with van der Waals surface area (Å²) in [5.74, 6) is 0.484. The Labute approximate surface area is 167 Å². The first-order valence-electron chi connectivity index (χ1n) is 10.2. The second-order valence-corrected chi connectivity index (χ2v) is 7.98. The van der Waals surface area contributed by atoms with Crippen molar-refractivity contribution in [3.05, 3.63) is 30.0 Å². The van der Waals surface area contributed by atoms with Crippen molar-refractivity contribution < 1.29 is 4.79 Å². The van der Waals surface area contributed by atoms with Crippen molar-refractivity contribution in [2.24, 2.45) is 11.8 Å². The highest BCUT2D eigenvalue weighted by atomic mass is 16.1. The van der Waals surface area contributed by atoms with Gasteiger partial charge < -0.3 is 10.2 Å². The fraction of sp³-hybridized carbons (Fsp3) is 0.545. The van der Waals surface area contributed by atoms with Crippen molar-refractivity contribution in [1.29, 1.82) is 5.26 Å². The first-order chi connectivity index (χ1) is 13.5. The Kier molecular flexibility index (Phi) is 6.45. The standard InChI is InChI=1S/C22H29N5O/c1-4-5-10-24-22(28)17(12-23)20-21(27-13-15(2)11-16(3)14-27)26-19-9-7-6-8-18(19)25-20/h6-9,15-17H,4-5,10-11,13-14H2,1-3H3,(H,24,28)/t15-,16-,17-/m0/s1. The summed E-state index contributed by atoms with van der Waals surface area (Å²) in [4.78, 5) is 24.5. The molecule has 0 spiro atoms. The van der Waals surface area contributed by atoms with Gasteiger partial charge in [0.15, 0.2) is 11.7 Å². The number of amides is 1. The molecule has 0 saturated carbocycles. The van der Waals surface area contributed by atoms with Crippen LogP contribution in [0, 0.1) is 23.2 Å². The zero-order valence-corrected chi connectivity index (χ0v) is 17.0. The number of aromatic nitrogens is 2. The molecule has 1 amide bonds. The third kappa shape index (κ3) is 4.41. The van der Waals surface area contributed by atoms with Crippen LogP contribution in [-0.4, -0.2) is 35.5 Å². The van der Waals surface area contributed by atoms with Gasteiger partial charge in [0, 0.05) is 19.6 Å². The van der Waals surface area contributed by atoms with Crippen LogP contribution < -0.4 is 10.2 Å². The number of nitriles is 1. The molecule has 0 radical (unpaired) electrons. The van der Waals surface area contributed by atoms with Gasteiger partial charge in [-0.15, -0.1) is 0 Å². The Bertz CT molecular complexity index is 865. The second-order valence-electron chi connectivity index (χ2n) is 7.98. The molecule has 3 atom stereocenters. The molecule has 6 nitrogen and oxygen atoms in total. The van der Waals surface area contributed by atoms with Crippen LogP contribution in [0.5, 0.6) is 0 Å². The summed E-state index contributed by atoms with van der Waals surface area (Å²) in [6, 6.07) is 9.80. The highest BCUT2D eigenvalue weighted by molar-refractivity contribution is 5.88. The fourth-order valence-corrected chi connectivity index (χ4v) is 4.00. The van der Waals surface area contributed by atoms with Crippen molar-refractivity contribution in [2.75, 3.05) is 24.5 Å². The van der Waals surface area contributed by atoms with Gasteiger partial charge in [-0.25, -0.2) is 9.97 Å². The van der Waals surface area contributed by atoms with Gasteiger partial charge in [0.1, 0.15) is 5.69 Å². The van der Waals surface area contributed by atoms with Crippen LogP contribution in [0.25, 0.3) is 11.0 Å². The number of nitrogens with one attached hydrogen (secondary N) is 1. The summed E-state index contributed by atoms with van der Waals surface area (Å²) >= 11 is 0. The van der Waals surface area contributed by atoms with Gasteiger partial charge in [0.2, 0.25) is 5.91 Å². The number of para-hydroxylation sites is 2. The lowest BCUT2D eigenvalue weighted by molar-refractivity contribution is -0.121. The topological polar surface area (TPSA) is 81.9 Å². The van der Waals surface area contributed by atoms with Gasteiger partial charge in [-0.1, -0.05) is 39.3 Å². The number of nitrogens with zero attached hydrogens (tertiary/aromatic N) is 4. The number of anilines is 1. The molecule has 148 valence electrons. The zero-order chi connectivity index (χ0) is 20.1. The van der Waals surface area contributed by atoms with E-state index in [2.05, 4.69) is 37.1 Å². The number of fused-ring (bicyclic) bond motifs is 1. The van der Waals surface area contributed by atoms with E-state index >= 15 is 0 Å². The van der Waals surface area contributed by atoms with Crippen molar-refractivity contribution in [3.8, 4) is 6.07 Å². The summed E-state index contributed by atoms with van der Waals surface area (Å²) in [5.41, 5.74) is 1.97. The molecule has 2 heterocycles. The summed E-state index contributed by atoms with van der Waals surface area (Å²) in [5, 5.41) is 12.7. The molecule has 2 aromatic rings. The van der Waals surface area contributed by atoms with Gasteiger partial charge in [-0.3, -0.25) is 4.79 Å². The quantitative estimate of drug-likeness (QED) is 0.775. The average molecular weight is 380 g/mol. The second kappa shape index (κ2) is 9.01. The van der Waals surface area contributed by atoms with Crippen LogP contribution in [0.1, 0.15) is 51.6 Å². The van der Waals surface area contributed by atoms with Crippen LogP contribution in [0.4, 0.5) is 5.82 Å². The molecule has 1 aromatic carbocycles. The third-order valence-electron chi connectivity index (χ3n) is 5.24. The van der Waals surface area contributed by atoms with Crippen LogP contribution in [0.15, 0.2) is 24.3 Å². The molecule has 28 heavy (non-hydrogen) atoms. The molecule has 1 aliphatic rings. The van der Waals surface area contributed by atoms with E-state index in [1.807, 2.05) is 24.3 Å². The molecule has 0 unspecified atom stereocenters. The number of piperidine rings is 1. The van der Waals surface area contributed by atoms with E-state index in [0.717, 1.165) is 31.4 Å². The van der Waals surface area contributed by atoms with E-state index in [1.54, 1.807) is 0 Å². The number of carbonyl (C=O) groups is 1. The molecule has 1 fully saturated rings. The Morgan fingerprint density at radius 1 is 1.25 bits per heavy atom. The number of unbranched alkanes of at least 4 members (excludes halogenated alkanes) is 1. The van der Waals surface area contributed by atoms with E-state index in [-0.39, 0.29) is 5.91 Å². The lowest BCUT2D eigenvalue weighted by Gasteiger charge is -2.36. The Morgan fingerprint density at radius 2 is 1.89 bits per heavy atom. The summed E-state index contributed by atoms with van der Waals surface area (Å²) in [6.07, 6.45) is 3.05. The van der Waals surface area contributed by atoms with Gasteiger partial charge in [-0.2, -0.15) is 5.26 Å². The molecule has 6 heteroatoms. The normalized spacial score (nSPS) is 20.6. The molecule has 0 bridgehead atoms. The molecule has 1 N–H and O–H groups in total. The molecule has 1 saturated heterocycles.